The second-order valence-electron chi connectivity index (χ2n) is 2.84. The smallest absolute Gasteiger partial charge is 0.225 e. The number of thiophene rings is 1. The van der Waals surface area contributed by atoms with Crippen molar-refractivity contribution in [1.82, 2.24) is 5.16 Å². The van der Waals surface area contributed by atoms with Crippen molar-refractivity contribution < 1.29 is 9.26 Å². The fourth-order valence-corrected chi connectivity index (χ4v) is 2.09. The van der Waals surface area contributed by atoms with Gasteiger partial charge in [-0.15, -0.1) is 11.3 Å². The van der Waals surface area contributed by atoms with E-state index in [4.69, 9.17) is 15.0 Å². The Bertz CT molecular complexity index is 447. The third-order valence-corrected chi connectivity index (χ3v) is 2.93. The van der Waals surface area contributed by atoms with Crippen LogP contribution in [0.1, 0.15) is 5.56 Å². The Labute approximate surface area is 85.3 Å². The molecule has 0 unspecified atom stereocenters. The number of ether oxygens (including phenoxy) is 1. The van der Waals surface area contributed by atoms with E-state index in [1.54, 1.807) is 18.4 Å². The van der Waals surface area contributed by atoms with Crippen molar-refractivity contribution in [1.29, 1.82) is 0 Å². The molecule has 0 atom stereocenters. The Morgan fingerprint density at radius 1 is 1.57 bits per heavy atom. The molecule has 0 saturated carbocycles. The lowest BCUT2D eigenvalue weighted by atomic mass is 10.2. The number of nitrogen functional groups attached to an aromatic ring is 1. The van der Waals surface area contributed by atoms with E-state index in [0.717, 1.165) is 21.9 Å². The van der Waals surface area contributed by atoms with Crippen molar-refractivity contribution in [3.63, 3.8) is 0 Å². The first-order valence-corrected chi connectivity index (χ1v) is 4.95. The number of methoxy groups -OCH3 is 1. The molecule has 0 aromatic carbocycles. The third-order valence-electron chi connectivity index (χ3n) is 2.02. The average Bonchev–Trinajstić information content (AvgIpc) is 2.75. The lowest BCUT2D eigenvalue weighted by Gasteiger charge is -1.98. The SMILES string of the molecule is COc1ccsc1-c1noc(N)c1C. The zero-order valence-electron chi connectivity index (χ0n) is 7.90. The highest BCUT2D eigenvalue weighted by Crippen LogP contribution is 2.37. The van der Waals surface area contributed by atoms with E-state index in [1.807, 2.05) is 18.4 Å². The van der Waals surface area contributed by atoms with Crippen molar-refractivity contribution in [2.24, 2.45) is 0 Å². The molecule has 0 saturated heterocycles. The van der Waals surface area contributed by atoms with Crippen LogP contribution >= 0.6 is 11.3 Å². The fourth-order valence-electron chi connectivity index (χ4n) is 1.19. The van der Waals surface area contributed by atoms with E-state index in [-0.39, 0.29) is 0 Å². The summed E-state index contributed by atoms with van der Waals surface area (Å²) >= 11 is 1.55. The molecule has 0 amide bonds. The number of nitrogens with two attached hydrogens (primary N) is 1. The predicted octanol–water partition coefficient (Wildman–Crippen LogP) is 2.30. The Balaban J connectivity index is 2.54. The molecule has 0 bridgehead atoms. The molecule has 0 fully saturated rings. The van der Waals surface area contributed by atoms with Gasteiger partial charge in [-0.25, -0.2) is 0 Å². The summed E-state index contributed by atoms with van der Waals surface area (Å²) < 4.78 is 10.1. The summed E-state index contributed by atoms with van der Waals surface area (Å²) in [7, 11) is 1.63. The van der Waals surface area contributed by atoms with Crippen LogP contribution in [0.4, 0.5) is 5.88 Å². The summed E-state index contributed by atoms with van der Waals surface area (Å²) in [6, 6.07) is 1.89. The number of anilines is 1. The van der Waals surface area contributed by atoms with Gasteiger partial charge in [0, 0.05) is 5.56 Å². The molecule has 2 N–H and O–H groups in total. The highest BCUT2D eigenvalue weighted by atomic mass is 32.1. The first-order valence-electron chi connectivity index (χ1n) is 4.07. The van der Waals surface area contributed by atoms with Gasteiger partial charge in [-0.3, -0.25) is 0 Å². The Hall–Kier alpha value is -1.49. The minimum atomic E-state index is 0.357. The quantitative estimate of drug-likeness (QED) is 0.826. The molecule has 0 spiro atoms. The van der Waals surface area contributed by atoms with Crippen LogP contribution in [0.3, 0.4) is 0 Å². The molecule has 0 aliphatic heterocycles. The summed E-state index contributed by atoms with van der Waals surface area (Å²) in [4.78, 5) is 0.949. The number of hydrogen-bond donors (Lipinski definition) is 1. The molecule has 74 valence electrons. The highest BCUT2D eigenvalue weighted by molar-refractivity contribution is 7.14. The van der Waals surface area contributed by atoms with Gasteiger partial charge in [-0.2, -0.15) is 0 Å². The minimum absolute atomic E-state index is 0.357. The Morgan fingerprint density at radius 3 is 2.93 bits per heavy atom. The maximum Gasteiger partial charge on any atom is 0.225 e. The molecular weight excluding hydrogens is 200 g/mol. The van der Waals surface area contributed by atoms with E-state index in [9.17, 15) is 0 Å². The summed E-state index contributed by atoms with van der Waals surface area (Å²) in [5, 5.41) is 5.84. The second-order valence-corrected chi connectivity index (χ2v) is 3.75. The Morgan fingerprint density at radius 2 is 2.36 bits per heavy atom. The van der Waals surface area contributed by atoms with Crippen LogP contribution in [0.15, 0.2) is 16.0 Å². The van der Waals surface area contributed by atoms with E-state index in [2.05, 4.69) is 5.16 Å². The molecule has 0 aliphatic rings. The van der Waals surface area contributed by atoms with Crippen LogP contribution in [0.5, 0.6) is 5.75 Å². The van der Waals surface area contributed by atoms with Crippen LogP contribution in [-0.4, -0.2) is 12.3 Å². The summed E-state index contributed by atoms with van der Waals surface area (Å²) in [5.74, 6) is 1.15. The van der Waals surface area contributed by atoms with Gasteiger partial charge in [-0.05, 0) is 18.4 Å². The number of rotatable bonds is 2. The van der Waals surface area contributed by atoms with E-state index in [0.29, 0.717) is 5.88 Å². The highest BCUT2D eigenvalue weighted by Gasteiger charge is 2.16. The maximum atomic E-state index is 5.57. The van der Waals surface area contributed by atoms with E-state index in [1.165, 1.54) is 0 Å². The first-order chi connectivity index (χ1) is 6.74. The summed E-state index contributed by atoms with van der Waals surface area (Å²) in [6.07, 6.45) is 0. The van der Waals surface area contributed by atoms with Crippen molar-refractivity contribution >= 4 is 17.2 Å². The van der Waals surface area contributed by atoms with Gasteiger partial charge in [-0.1, -0.05) is 5.16 Å². The molecular formula is C9H10N2O2S. The predicted molar refractivity (Wildman–Crippen MR) is 55.5 cm³/mol. The molecule has 0 radical (unpaired) electrons. The molecule has 0 aliphatic carbocycles. The molecule has 14 heavy (non-hydrogen) atoms. The second kappa shape index (κ2) is 3.34. The third kappa shape index (κ3) is 1.26. The minimum Gasteiger partial charge on any atom is -0.495 e. The topological polar surface area (TPSA) is 61.3 Å². The van der Waals surface area contributed by atoms with Gasteiger partial charge in [0.2, 0.25) is 5.88 Å². The molecule has 5 heteroatoms. The van der Waals surface area contributed by atoms with Gasteiger partial charge in [0.15, 0.2) is 0 Å². The zero-order chi connectivity index (χ0) is 10.1. The lowest BCUT2D eigenvalue weighted by Crippen LogP contribution is -1.86. The van der Waals surface area contributed by atoms with Gasteiger partial charge in [0.05, 0.1) is 12.0 Å². The normalized spacial score (nSPS) is 10.4. The first kappa shape index (κ1) is 9.08. The molecule has 2 aromatic rings. The van der Waals surface area contributed by atoms with Crippen molar-refractivity contribution in [2.75, 3.05) is 12.8 Å². The van der Waals surface area contributed by atoms with E-state index >= 15 is 0 Å². The maximum absolute atomic E-state index is 5.57. The molecule has 2 aromatic heterocycles. The number of hydrogen-bond acceptors (Lipinski definition) is 5. The summed E-state index contributed by atoms with van der Waals surface area (Å²) in [6.45, 7) is 1.88. The van der Waals surface area contributed by atoms with Crippen molar-refractivity contribution in [3.05, 3.63) is 17.0 Å². The van der Waals surface area contributed by atoms with E-state index < -0.39 is 0 Å². The van der Waals surface area contributed by atoms with Gasteiger partial charge < -0.3 is 15.0 Å². The van der Waals surface area contributed by atoms with Crippen LogP contribution in [0.25, 0.3) is 10.6 Å². The average molecular weight is 210 g/mol. The van der Waals surface area contributed by atoms with Crippen LogP contribution in [-0.2, 0) is 0 Å². The lowest BCUT2D eigenvalue weighted by molar-refractivity contribution is 0.416. The molecule has 2 rings (SSSR count). The van der Waals surface area contributed by atoms with Gasteiger partial charge >= 0.3 is 0 Å². The summed E-state index contributed by atoms with van der Waals surface area (Å²) in [5.41, 5.74) is 7.18. The van der Waals surface area contributed by atoms with Crippen LogP contribution in [0, 0.1) is 6.92 Å². The molecule has 2 heterocycles. The van der Waals surface area contributed by atoms with Gasteiger partial charge in [0.1, 0.15) is 11.4 Å². The van der Waals surface area contributed by atoms with Crippen molar-refractivity contribution in [2.45, 2.75) is 6.92 Å². The van der Waals surface area contributed by atoms with Gasteiger partial charge in [0.25, 0.3) is 0 Å². The van der Waals surface area contributed by atoms with Crippen molar-refractivity contribution in [3.8, 4) is 16.3 Å². The standard InChI is InChI=1S/C9H10N2O2S/c1-5-7(11-13-9(5)10)8-6(12-2)3-4-14-8/h3-4H,10H2,1-2H3. The number of nitrogens with zero attached hydrogens (tertiary/aromatic N) is 1. The largest absolute Gasteiger partial charge is 0.495 e. The molecule has 4 nitrogen and oxygen atoms in total. The monoisotopic (exact) mass is 210 g/mol. The zero-order valence-corrected chi connectivity index (χ0v) is 8.72. The van der Waals surface area contributed by atoms with Crippen LogP contribution < -0.4 is 10.5 Å². The number of aromatic nitrogens is 1. The Kier molecular flexibility index (Phi) is 2.17. The van der Waals surface area contributed by atoms with Crippen LogP contribution in [0.2, 0.25) is 0 Å². The fraction of sp³-hybridized carbons (Fsp3) is 0.222.